The van der Waals surface area contributed by atoms with E-state index in [1.165, 1.54) is 11.4 Å². The summed E-state index contributed by atoms with van der Waals surface area (Å²) in [6, 6.07) is 6.27. The van der Waals surface area contributed by atoms with E-state index in [1.54, 1.807) is 0 Å². The molecule has 86 valence electrons. The van der Waals surface area contributed by atoms with Crippen molar-refractivity contribution in [3.63, 3.8) is 0 Å². The topological polar surface area (TPSA) is 34.8 Å². The molecule has 1 N–H and O–H groups in total. The normalized spacial score (nSPS) is 10.9. The van der Waals surface area contributed by atoms with Crippen molar-refractivity contribution in [3.8, 4) is 0 Å². The first-order valence-corrected chi connectivity index (χ1v) is 5.63. The predicted molar refractivity (Wildman–Crippen MR) is 63.9 cm³/mol. The fourth-order valence-corrected chi connectivity index (χ4v) is 1.81. The molecule has 2 aromatic heterocycles. The molecular formula is C12H18N4. The molecule has 0 amide bonds. The summed E-state index contributed by atoms with van der Waals surface area (Å²) in [5.41, 5.74) is 2.53. The molecule has 0 unspecified atom stereocenters. The highest BCUT2D eigenvalue weighted by atomic mass is 15.3. The van der Waals surface area contributed by atoms with Crippen LogP contribution in [0, 0.1) is 0 Å². The number of aryl methyl sites for hydroxylation is 2. The Morgan fingerprint density at radius 2 is 2.06 bits per heavy atom. The van der Waals surface area contributed by atoms with Crippen LogP contribution in [-0.2, 0) is 26.7 Å². The van der Waals surface area contributed by atoms with E-state index in [-0.39, 0.29) is 0 Å². The summed E-state index contributed by atoms with van der Waals surface area (Å²) in [7, 11) is 1.96. The molecule has 0 aliphatic heterocycles. The molecule has 2 aromatic rings. The van der Waals surface area contributed by atoms with Gasteiger partial charge < -0.3 is 9.88 Å². The molecule has 0 bridgehead atoms. The van der Waals surface area contributed by atoms with Crippen molar-refractivity contribution >= 4 is 0 Å². The minimum absolute atomic E-state index is 0.853. The molecular weight excluding hydrogens is 200 g/mol. The summed E-state index contributed by atoms with van der Waals surface area (Å²) in [5.74, 6) is 0. The quantitative estimate of drug-likeness (QED) is 0.826. The summed E-state index contributed by atoms with van der Waals surface area (Å²) in [4.78, 5) is 0. The maximum absolute atomic E-state index is 4.14. The second-order valence-electron chi connectivity index (χ2n) is 3.84. The van der Waals surface area contributed by atoms with Crippen LogP contribution in [0.1, 0.15) is 18.3 Å². The van der Waals surface area contributed by atoms with E-state index in [1.807, 2.05) is 24.0 Å². The van der Waals surface area contributed by atoms with Crippen molar-refractivity contribution in [1.29, 1.82) is 0 Å². The second-order valence-corrected chi connectivity index (χ2v) is 3.84. The number of nitrogens with zero attached hydrogens (tertiary/aromatic N) is 3. The van der Waals surface area contributed by atoms with Gasteiger partial charge in [-0.05, 0) is 25.1 Å². The van der Waals surface area contributed by atoms with E-state index in [4.69, 9.17) is 0 Å². The van der Waals surface area contributed by atoms with E-state index < -0.39 is 0 Å². The van der Waals surface area contributed by atoms with E-state index >= 15 is 0 Å². The van der Waals surface area contributed by atoms with Crippen molar-refractivity contribution < 1.29 is 0 Å². The average molecular weight is 218 g/mol. The van der Waals surface area contributed by atoms with Gasteiger partial charge in [0, 0.05) is 44.8 Å². The van der Waals surface area contributed by atoms with Gasteiger partial charge in [0.05, 0.1) is 5.69 Å². The lowest BCUT2D eigenvalue weighted by Crippen LogP contribution is -2.17. The Hall–Kier alpha value is -1.55. The van der Waals surface area contributed by atoms with Gasteiger partial charge in [-0.25, -0.2) is 0 Å². The Morgan fingerprint density at radius 3 is 2.75 bits per heavy atom. The Bertz CT molecular complexity index is 441. The van der Waals surface area contributed by atoms with E-state index in [2.05, 4.69) is 40.2 Å². The van der Waals surface area contributed by atoms with Gasteiger partial charge in [-0.1, -0.05) is 0 Å². The molecule has 0 atom stereocenters. The lowest BCUT2D eigenvalue weighted by molar-refractivity contribution is 0.597. The van der Waals surface area contributed by atoms with Gasteiger partial charge in [0.15, 0.2) is 0 Å². The third kappa shape index (κ3) is 2.33. The van der Waals surface area contributed by atoms with Crippen molar-refractivity contribution in [2.24, 2.45) is 7.05 Å². The van der Waals surface area contributed by atoms with E-state index in [9.17, 15) is 0 Å². The van der Waals surface area contributed by atoms with E-state index in [0.29, 0.717) is 0 Å². The highest BCUT2D eigenvalue weighted by molar-refractivity contribution is 5.07. The molecule has 0 aliphatic rings. The van der Waals surface area contributed by atoms with Crippen LogP contribution in [0.15, 0.2) is 30.6 Å². The number of hydrogen-bond donors (Lipinski definition) is 1. The Kier molecular flexibility index (Phi) is 3.41. The highest BCUT2D eigenvalue weighted by Gasteiger charge is 2.00. The smallest absolute Gasteiger partial charge is 0.0518 e. The summed E-state index contributed by atoms with van der Waals surface area (Å²) in [5, 5.41) is 7.56. The lowest BCUT2D eigenvalue weighted by atomic mass is 10.4. The first-order chi connectivity index (χ1) is 7.81. The van der Waals surface area contributed by atoms with Gasteiger partial charge in [0.25, 0.3) is 0 Å². The first-order valence-electron chi connectivity index (χ1n) is 5.63. The van der Waals surface area contributed by atoms with Crippen molar-refractivity contribution in [2.75, 3.05) is 0 Å². The summed E-state index contributed by atoms with van der Waals surface area (Å²) in [6.45, 7) is 4.93. The average Bonchev–Trinajstić information content (AvgIpc) is 2.88. The standard InChI is InChI=1S/C12H18N4/c1-3-16-8-4-5-12(16)10-13-9-11-6-7-14-15(11)2/h4-8,13H,3,9-10H2,1-2H3. The minimum Gasteiger partial charge on any atom is -0.351 e. The zero-order chi connectivity index (χ0) is 11.4. The van der Waals surface area contributed by atoms with Crippen LogP contribution in [0.25, 0.3) is 0 Å². The molecule has 16 heavy (non-hydrogen) atoms. The Balaban J connectivity index is 1.87. The van der Waals surface area contributed by atoms with Crippen molar-refractivity contribution in [3.05, 3.63) is 42.0 Å². The minimum atomic E-state index is 0.853. The molecule has 4 nitrogen and oxygen atoms in total. The number of aromatic nitrogens is 3. The number of hydrogen-bond acceptors (Lipinski definition) is 2. The fourth-order valence-electron chi connectivity index (χ4n) is 1.81. The van der Waals surface area contributed by atoms with Crippen LogP contribution in [0.5, 0.6) is 0 Å². The molecule has 0 saturated heterocycles. The van der Waals surface area contributed by atoms with Gasteiger partial charge in [0.1, 0.15) is 0 Å². The van der Waals surface area contributed by atoms with Crippen LogP contribution in [0.4, 0.5) is 0 Å². The SMILES string of the molecule is CCn1cccc1CNCc1ccnn1C. The summed E-state index contributed by atoms with van der Waals surface area (Å²) >= 11 is 0. The Labute approximate surface area is 95.9 Å². The Morgan fingerprint density at radius 1 is 1.25 bits per heavy atom. The maximum Gasteiger partial charge on any atom is 0.0518 e. The monoisotopic (exact) mass is 218 g/mol. The summed E-state index contributed by atoms with van der Waals surface area (Å²) in [6.07, 6.45) is 3.94. The predicted octanol–water partition coefficient (Wildman–Crippen LogP) is 1.53. The van der Waals surface area contributed by atoms with Crippen LogP contribution in [-0.4, -0.2) is 14.3 Å². The molecule has 2 rings (SSSR count). The molecule has 2 heterocycles. The van der Waals surface area contributed by atoms with Gasteiger partial charge in [-0.15, -0.1) is 0 Å². The van der Waals surface area contributed by atoms with Gasteiger partial charge in [-0.2, -0.15) is 5.10 Å². The second kappa shape index (κ2) is 4.99. The van der Waals surface area contributed by atoms with Crippen LogP contribution < -0.4 is 5.32 Å². The number of rotatable bonds is 5. The van der Waals surface area contributed by atoms with Crippen LogP contribution in [0.2, 0.25) is 0 Å². The van der Waals surface area contributed by atoms with Gasteiger partial charge in [0.2, 0.25) is 0 Å². The van der Waals surface area contributed by atoms with Gasteiger partial charge in [-0.3, -0.25) is 4.68 Å². The molecule has 0 aromatic carbocycles. The maximum atomic E-state index is 4.14. The van der Waals surface area contributed by atoms with Crippen LogP contribution in [0.3, 0.4) is 0 Å². The first kappa shape index (κ1) is 11.0. The largest absolute Gasteiger partial charge is 0.351 e. The van der Waals surface area contributed by atoms with Crippen molar-refractivity contribution in [2.45, 2.75) is 26.6 Å². The van der Waals surface area contributed by atoms with Crippen LogP contribution >= 0.6 is 0 Å². The zero-order valence-electron chi connectivity index (χ0n) is 9.85. The number of nitrogens with one attached hydrogen (secondary N) is 1. The highest BCUT2D eigenvalue weighted by Crippen LogP contribution is 2.02. The van der Waals surface area contributed by atoms with E-state index in [0.717, 1.165) is 19.6 Å². The van der Waals surface area contributed by atoms with Gasteiger partial charge >= 0.3 is 0 Å². The molecule has 0 spiro atoms. The molecule has 0 radical (unpaired) electrons. The third-order valence-electron chi connectivity index (χ3n) is 2.80. The summed E-state index contributed by atoms with van der Waals surface area (Å²) < 4.78 is 4.14. The third-order valence-corrected chi connectivity index (χ3v) is 2.80. The lowest BCUT2D eigenvalue weighted by Gasteiger charge is -2.08. The molecule has 0 aliphatic carbocycles. The van der Waals surface area contributed by atoms with Crippen molar-refractivity contribution in [1.82, 2.24) is 19.7 Å². The molecule has 0 saturated carbocycles. The molecule has 0 fully saturated rings. The fraction of sp³-hybridized carbons (Fsp3) is 0.417. The molecule has 4 heteroatoms. The zero-order valence-corrected chi connectivity index (χ0v) is 9.85.